The Morgan fingerprint density at radius 2 is 1.76 bits per heavy atom. The van der Waals surface area contributed by atoms with Gasteiger partial charge in [0.2, 0.25) is 0 Å². The van der Waals surface area contributed by atoms with Crippen LogP contribution in [0.3, 0.4) is 0 Å². The topological polar surface area (TPSA) is 61.3 Å². The van der Waals surface area contributed by atoms with Crippen LogP contribution in [0, 0.1) is 0 Å². The minimum absolute atomic E-state index is 0.375. The van der Waals surface area contributed by atoms with Crippen molar-refractivity contribution in [3.8, 4) is 23.0 Å². The van der Waals surface area contributed by atoms with E-state index in [1.807, 2.05) is 61.5 Å². The van der Waals surface area contributed by atoms with Crippen molar-refractivity contribution in [1.29, 1.82) is 0 Å². The minimum atomic E-state index is 0.375. The molecular weight excluding hydrogens is 508 g/mol. The lowest BCUT2D eigenvalue weighted by molar-refractivity contribution is 0.267. The highest BCUT2D eigenvalue weighted by molar-refractivity contribution is 9.10. The molecule has 1 N–H and O–H groups in total. The lowest BCUT2D eigenvalue weighted by Crippen LogP contribution is -2.06. The van der Waals surface area contributed by atoms with Gasteiger partial charge < -0.3 is 24.4 Å². The normalized spacial score (nSPS) is 10.8. The maximum atomic E-state index is 6.07. The van der Waals surface area contributed by atoms with Gasteiger partial charge in [-0.05, 0) is 75.9 Å². The first-order valence-corrected chi connectivity index (χ1v) is 11.5. The maximum Gasteiger partial charge on any atom is 0.175 e. The van der Waals surface area contributed by atoms with Gasteiger partial charge in [0.05, 0.1) is 38.1 Å². The van der Waals surface area contributed by atoms with Crippen molar-refractivity contribution in [3.63, 3.8) is 0 Å². The van der Waals surface area contributed by atoms with Crippen molar-refractivity contribution in [3.05, 3.63) is 80.8 Å². The molecule has 0 atom stereocenters. The molecule has 6 nitrogen and oxygen atoms in total. The van der Waals surface area contributed by atoms with Gasteiger partial charge >= 0.3 is 0 Å². The van der Waals surface area contributed by atoms with Gasteiger partial charge in [0.1, 0.15) is 6.61 Å². The summed E-state index contributed by atoms with van der Waals surface area (Å²) in [6.45, 7) is 3.36. The summed E-state index contributed by atoms with van der Waals surface area (Å²) >= 11 is 9.66. The molecule has 0 fully saturated rings. The summed E-state index contributed by atoms with van der Waals surface area (Å²) in [6, 6.07) is 17.1. The van der Waals surface area contributed by atoms with Crippen LogP contribution in [0.2, 0.25) is 5.02 Å². The van der Waals surface area contributed by atoms with Gasteiger partial charge in [-0.2, -0.15) is 5.10 Å². The smallest absolute Gasteiger partial charge is 0.175 e. The van der Waals surface area contributed by atoms with Crippen molar-refractivity contribution >= 4 is 33.7 Å². The van der Waals surface area contributed by atoms with Crippen LogP contribution < -0.4 is 24.4 Å². The number of methoxy groups -OCH3 is 2. The third-order valence-corrected chi connectivity index (χ3v) is 5.46. The highest BCUT2D eigenvalue weighted by Gasteiger charge is 2.12. The van der Waals surface area contributed by atoms with Gasteiger partial charge in [-0.1, -0.05) is 29.8 Å². The van der Waals surface area contributed by atoms with Gasteiger partial charge in [0.15, 0.2) is 23.0 Å². The Kier molecular flexibility index (Phi) is 9.27. The van der Waals surface area contributed by atoms with Gasteiger partial charge in [-0.15, -0.1) is 0 Å². The molecule has 174 valence electrons. The van der Waals surface area contributed by atoms with Crippen LogP contribution >= 0.6 is 27.5 Å². The minimum Gasteiger partial charge on any atom is -0.493 e. The van der Waals surface area contributed by atoms with Gasteiger partial charge in [0.25, 0.3) is 0 Å². The van der Waals surface area contributed by atoms with E-state index in [2.05, 4.69) is 26.5 Å². The molecule has 3 aromatic rings. The summed E-state index contributed by atoms with van der Waals surface area (Å²) in [6.07, 6.45) is 1.73. The van der Waals surface area contributed by atoms with Crippen LogP contribution in [0.5, 0.6) is 23.0 Å². The Labute approximate surface area is 207 Å². The van der Waals surface area contributed by atoms with Crippen LogP contribution in [-0.4, -0.2) is 27.0 Å². The third kappa shape index (κ3) is 7.04. The van der Waals surface area contributed by atoms with Crippen LogP contribution in [0.15, 0.2) is 64.2 Å². The Bertz CT molecular complexity index is 1110. The molecular formula is C25H26BrClN2O4. The van der Waals surface area contributed by atoms with Crippen LogP contribution in [0.25, 0.3) is 0 Å². The first-order valence-electron chi connectivity index (χ1n) is 10.3. The maximum absolute atomic E-state index is 6.07. The zero-order chi connectivity index (χ0) is 23.6. The van der Waals surface area contributed by atoms with E-state index < -0.39 is 0 Å². The van der Waals surface area contributed by atoms with E-state index in [0.29, 0.717) is 47.8 Å². The van der Waals surface area contributed by atoms with Crippen molar-refractivity contribution in [2.24, 2.45) is 5.10 Å². The average molecular weight is 534 g/mol. The molecule has 0 aliphatic rings. The first kappa shape index (κ1) is 24.7. The zero-order valence-corrected chi connectivity index (χ0v) is 21.1. The predicted octanol–water partition coefficient (Wildman–Crippen LogP) is 6.22. The van der Waals surface area contributed by atoms with Crippen molar-refractivity contribution in [2.75, 3.05) is 20.8 Å². The molecule has 0 radical (unpaired) electrons. The van der Waals surface area contributed by atoms with Crippen LogP contribution in [0.1, 0.15) is 23.6 Å². The summed E-state index contributed by atoms with van der Waals surface area (Å²) < 4.78 is 23.2. The number of benzene rings is 3. The quantitative estimate of drug-likeness (QED) is 0.234. The average Bonchev–Trinajstić information content (AvgIpc) is 2.81. The van der Waals surface area contributed by atoms with E-state index in [1.165, 1.54) is 0 Å². The van der Waals surface area contributed by atoms with E-state index in [0.717, 1.165) is 21.2 Å². The summed E-state index contributed by atoms with van der Waals surface area (Å²) in [7, 11) is 3.23. The third-order valence-electron chi connectivity index (χ3n) is 4.64. The fourth-order valence-corrected chi connectivity index (χ4v) is 3.88. The van der Waals surface area contributed by atoms with Gasteiger partial charge in [-0.3, -0.25) is 0 Å². The summed E-state index contributed by atoms with van der Waals surface area (Å²) in [5.41, 5.74) is 5.90. The SMILES string of the molecule is CCOc1cc(/C=N/NCc2ccc(OC)c(OC)c2)cc(Br)c1OCc1cccc(Cl)c1. The molecule has 0 saturated carbocycles. The second-order valence-electron chi connectivity index (χ2n) is 6.96. The highest BCUT2D eigenvalue weighted by Crippen LogP contribution is 2.37. The second kappa shape index (κ2) is 12.4. The lowest BCUT2D eigenvalue weighted by atomic mass is 10.2. The number of nitrogens with one attached hydrogen (secondary N) is 1. The molecule has 0 bridgehead atoms. The Morgan fingerprint density at radius 3 is 2.48 bits per heavy atom. The molecule has 0 aliphatic heterocycles. The molecule has 8 heteroatoms. The fourth-order valence-electron chi connectivity index (χ4n) is 3.10. The number of hydrogen-bond donors (Lipinski definition) is 1. The molecule has 0 amide bonds. The summed E-state index contributed by atoms with van der Waals surface area (Å²) in [5, 5.41) is 5.00. The van der Waals surface area contributed by atoms with Crippen molar-refractivity contribution in [2.45, 2.75) is 20.1 Å². The lowest BCUT2D eigenvalue weighted by Gasteiger charge is -2.15. The Hall–Kier alpha value is -2.90. The molecule has 0 heterocycles. The first-order chi connectivity index (χ1) is 16.0. The highest BCUT2D eigenvalue weighted by atomic mass is 79.9. The van der Waals surface area contributed by atoms with Crippen LogP contribution in [0.4, 0.5) is 0 Å². The van der Waals surface area contributed by atoms with E-state index in [-0.39, 0.29) is 0 Å². The van der Waals surface area contributed by atoms with Crippen LogP contribution in [-0.2, 0) is 13.2 Å². The van der Waals surface area contributed by atoms with Gasteiger partial charge in [0, 0.05) is 5.02 Å². The summed E-state index contributed by atoms with van der Waals surface area (Å²) in [4.78, 5) is 0. The Morgan fingerprint density at radius 1 is 0.939 bits per heavy atom. The number of hydrogen-bond acceptors (Lipinski definition) is 6. The molecule has 0 spiro atoms. The molecule has 0 aliphatic carbocycles. The largest absolute Gasteiger partial charge is 0.493 e. The predicted molar refractivity (Wildman–Crippen MR) is 135 cm³/mol. The number of rotatable bonds is 11. The van der Waals surface area contributed by atoms with Gasteiger partial charge in [-0.25, -0.2) is 0 Å². The summed E-state index contributed by atoms with van der Waals surface area (Å²) in [5.74, 6) is 2.64. The van der Waals surface area contributed by atoms with E-state index in [4.69, 9.17) is 30.5 Å². The zero-order valence-electron chi connectivity index (χ0n) is 18.7. The number of ether oxygens (including phenoxy) is 4. The van der Waals surface area contributed by atoms with Crippen molar-refractivity contribution in [1.82, 2.24) is 5.43 Å². The standard InChI is InChI=1S/C25H26BrClN2O4/c1-4-32-24-13-19(11-21(26)25(24)33-16-18-6-5-7-20(27)10-18)15-29-28-14-17-8-9-22(30-2)23(12-17)31-3/h5-13,15,28H,4,14,16H2,1-3H3/b29-15+. The molecule has 0 aromatic heterocycles. The molecule has 3 rings (SSSR count). The monoisotopic (exact) mass is 532 g/mol. The second-order valence-corrected chi connectivity index (χ2v) is 8.25. The van der Waals surface area contributed by atoms with E-state index in [1.54, 1.807) is 20.4 Å². The number of halogens is 2. The van der Waals surface area contributed by atoms with Crippen molar-refractivity contribution < 1.29 is 18.9 Å². The Balaban J connectivity index is 1.67. The number of nitrogens with zero attached hydrogens (tertiary/aromatic N) is 1. The number of hydrazone groups is 1. The molecule has 0 unspecified atom stereocenters. The van der Waals surface area contributed by atoms with E-state index >= 15 is 0 Å². The fraction of sp³-hybridized carbons (Fsp3) is 0.240. The molecule has 33 heavy (non-hydrogen) atoms. The molecule has 3 aromatic carbocycles. The van der Waals surface area contributed by atoms with E-state index in [9.17, 15) is 0 Å². The molecule has 0 saturated heterocycles.